The molecule has 1 saturated carbocycles. The summed E-state index contributed by atoms with van der Waals surface area (Å²) in [4.78, 5) is 8.17. The number of alkyl halides is 6. The van der Waals surface area contributed by atoms with E-state index in [4.69, 9.17) is 4.74 Å². The molecule has 1 aliphatic heterocycles. The van der Waals surface area contributed by atoms with Crippen molar-refractivity contribution in [2.24, 2.45) is 15.9 Å². The van der Waals surface area contributed by atoms with Crippen molar-refractivity contribution in [2.75, 3.05) is 7.11 Å². The summed E-state index contributed by atoms with van der Waals surface area (Å²) in [7, 11) is 1.50. The molecule has 0 saturated heterocycles. The topological polar surface area (TPSA) is 37.2 Å². The van der Waals surface area contributed by atoms with Gasteiger partial charge in [0.2, 0.25) is 0 Å². The summed E-state index contributed by atoms with van der Waals surface area (Å²) in [5, 5.41) is 0. The number of benzene rings is 2. The lowest BCUT2D eigenvalue weighted by atomic mass is 9.86. The Morgan fingerprint density at radius 2 is 1.49 bits per heavy atom. The van der Waals surface area contributed by atoms with Gasteiger partial charge in [0.1, 0.15) is 17.4 Å². The third-order valence-corrected chi connectivity index (χ3v) is 6.95. The molecule has 0 spiro atoms. The van der Waals surface area contributed by atoms with E-state index in [1.54, 1.807) is 42.5 Å². The Morgan fingerprint density at radius 1 is 0.865 bits per heavy atom. The monoisotopic (exact) mass is 525 g/mol. The molecule has 0 bridgehead atoms. The molecule has 4 nitrogen and oxygen atoms in total. The number of amidine groups is 2. The fourth-order valence-electron chi connectivity index (χ4n) is 4.91. The van der Waals surface area contributed by atoms with E-state index in [9.17, 15) is 26.3 Å². The number of aliphatic imine (C=N–C) groups is 2. The molecule has 0 N–H and O–H groups in total. The number of nitrogens with zero attached hydrogens (tertiary/aromatic N) is 3. The second-order valence-corrected chi connectivity index (χ2v) is 9.47. The Kier molecular flexibility index (Phi) is 7.85. The first-order valence-corrected chi connectivity index (χ1v) is 12.3. The van der Waals surface area contributed by atoms with Crippen molar-refractivity contribution in [3.05, 3.63) is 65.7 Å². The van der Waals surface area contributed by atoms with E-state index in [0.29, 0.717) is 17.7 Å². The van der Waals surface area contributed by atoms with Crippen LogP contribution in [-0.4, -0.2) is 41.7 Å². The van der Waals surface area contributed by atoms with Gasteiger partial charge in [-0.25, -0.2) is 9.98 Å². The van der Waals surface area contributed by atoms with Crippen molar-refractivity contribution >= 4 is 11.7 Å². The molecule has 1 heterocycles. The van der Waals surface area contributed by atoms with Gasteiger partial charge in [-0.15, -0.1) is 0 Å². The molecule has 4 rings (SSSR count). The number of rotatable bonds is 7. The minimum Gasteiger partial charge on any atom is -0.497 e. The van der Waals surface area contributed by atoms with Crippen molar-refractivity contribution in [2.45, 2.75) is 69.5 Å². The van der Waals surface area contributed by atoms with Gasteiger partial charge in [-0.1, -0.05) is 74.6 Å². The predicted octanol–water partition coefficient (Wildman–Crippen LogP) is 7.54. The van der Waals surface area contributed by atoms with Gasteiger partial charge in [-0.05, 0) is 30.0 Å². The van der Waals surface area contributed by atoms with Crippen LogP contribution >= 0.6 is 0 Å². The SMILES string of the molecule is COc1ccc(CN2C(CCC3CCCCC3)=NC(C(F)(F)F)(C(F)(F)F)N=C2c2ccccc2)cc1. The molecule has 0 atom stereocenters. The standard InChI is InChI=1S/C27H29F6N3O/c1-37-22-15-12-20(13-16-22)18-36-23(17-14-19-8-4-2-5-9-19)34-25(26(28,29)30,27(31,32)33)35-24(36)21-10-6-3-7-11-21/h3,6-7,10-13,15-16,19H,2,4-5,8-9,14,17-18H2,1H3. The molecule has 200 valence electrons. The van der Waals surface area contributed by atoms with Gasteiger partial charge >= 0.3 is 18.0 Å². The van der Waals surface area contributed by atoms with Gasteiger partial charge in [-0.3, -0.25) is 0 Å². The molecule has 2 aromatic carbocycles. The van der Waals surface area contributed by atoms with Crippen LogP contribution in [0.2, 0.25) is 0 Å². The fourth-order valence-corrected chi connectivity index (χ4v) is 4.91. The summed E-state index contributed by atoms with van der Waals surface area (Å²) < 4.78 is 90.5. The fraction of sp³-hybridized carbons (Fsp3) is 0.481. The summed E-state index contributed by atoms with van der Waals surface area (Å²) in [5.74, 6) is 0.160. The highest BCUT2D eigenvalue weighted by atomic mass is 19.4. The minimum absolute atomic E-state index is 0.00696. The highest BCUT2D eigenvalue weighted by Crippen LogP contribution is 2.49. The molecule has 0 unspecified atom stereocenters. The number of methoxy groups -OCH3 is 1. The average Bonchev–Trinajstić information content (AvgIpc) is 2.88. The number of halogens is 6. The van der Waals surface area contributed by atoms with E-state index >= 15 is 0 Å². The Morgan fingerprint density at radius 3 is 2.05 bits per heavy atom. The van der Waals surface area contributed by atoms with Crippen LogP contribution in [0.15, 0.2) is 64.6 Å². The van der Waals surface area contributed by atoms with Gasteiger partial charge in [-0.2, -0.15) is 26.3 Å². The molecule has 2 aromatic rings. The summed E-state index contributed by atoms with van der Waals surface area (Å²) in [6, 6.07) is 14.5. The molecule has 0 radical (unpaired) electrons. The first-order valence-electron chi connectivity index (χ1n) is 12.3. The molecule has 0 aromatic heterocycles. The van der Waals surface area contributed by atoms with Crippen molar-refractivity contribution in [1.82, 2.24) is 4.90 Å². The highest BCUT2D eigenvalue weighted by molar-refractivity contribution is 6.10. The summed E-state index contributed by atoms with van der Waals surface area (Å²) in [5.41, 5.74) is -3.75. The van der Waals surface area contributed by atoms with Crippen LogP contribution in [0.25, 0.3) is 0 Å². The second-order valence-electron chi connectivity index (χ2n) is 9.47. The Hall–Kier alpha value is -3.04. The largest absolute Gasteiger partial charge is 0.497 e. The van der Waals surface area contributed by atoms with Crippen molar-refractivity contribution in [1.29, 1.82) is 0 Å². The number of hydrogen-bond acceptors (Lipinski definition) is 4. The van der Waals surface area contributed by atoms with Crippen molar-refractivity contribution < 1.29 is 31.1 Å². The molecular formula is C27H29F6N3O. The van der Waals surface area contributed by atoms with Gasteiger partial charge in [0.25, 0.3) is 0 Å². The maximum atomic E-state index is 14.2. The molecule has 0 amide bonds. The minimum atomic E-state index is -5.77. The van der Waals surface area contributed by atoms with Crippen LogP contribution < -0.4 is 4.74 Å². The normalized spacial score (nSPS) is 18.8. The average molecular weight is 526 g/mol. The number of ether oxygens (including phenoxy) is 1. The van der Waals surface area contributed by atoms with Gasteiger partial charge < -0.3 is 9.64 Å². The summed E-state index contributed by atoms with van der Waals surface area (Å²) in [6.45, 7) is 0.00696. The molecule has 1 fully saturated rings. The lowest BCUT2D eigenvalue weighted by molar-refractivity contribution is -0.293. The van der Waals surface area contributed by atoms with Gasteiger partial charge in [0.15, 0.2) is 0 Å². The van der Waals surface area contributed by atoms with E-state index in [2.05, 4.69) is 9.98 Å². The van der Waals surface area contributed by atoms with Crippen LogP contribution in [0, 0.1) is 5.92 Å². The maximum Gasteiger partial charge on any atom is 0.443 e. The van der Waals surface area contributed by atoms with Crippen LogP contribution in [0.4, 0.5) is 26.3 Å². The van der Waals surface area contributed by atoms with Crippen LogP contribution in [0.5, 0.6) is 5.75 Å². The first kappa shape index (κ1) is 27.0. The van der Waals surface area contributed by atoms with E-state index in [-0.39, 0.29) is 30.3 Å². The Labute approximate surface area is 212 Å². The first-order chi connectivity index (χ1) is 17.5. The zero-order chi connectivity index (χ0) is 26.7. The Bertz CT molecular complexity index is 1090. The van der Waals surface area contributed by atoms with Crippen molar-refractivity contribution in [3.8, 4) is 5.75 Å². The van der Waals surface area contributed by atoms with E-state index in [0.717, 1.165) is 32.1 Å². The third kappa shape index (κ3) is 5.78. The van der Waals surface area contributed by atoms with Crippen LogP contribution in [0.1, 0.15) is 56.1 Å². The smallest absolute Gasteiger partial charge is 0.443 e. The molecule has 2 aliphatic rings. The Balaban J connectivity index is 1.82. The van der Waals surface area contributed by atoms with Crippen LogP contribution in [-0.2, 0) is 6.54 Å². The summed E-state index contributed by atoms with van der Waals surface area (Å²) in [6.07, 6.45) is -6.15. The van der Waals surface area contributed by atoms with Crippen LogP contribution in [0.3, 0.4) is 0 Å². The second kappa shape index (κ2) is 10.8. The number of hydrogen-bond donors (Lipinski definition) is 0. The molecule has 10 heteroatoms. The molecule has 1 aliphatic carbocycles. The quantitative estimate of drug-likeness (QED) is 0.350. The predicted molar refractivity (Wildman–Crippen MR) is 130 cm³/mol. The lowest BCUT2D eigenvalue weighted by Crippen LogP contribution is -2.59. The van der Waals surface area contributed by atoms with E-state index in [1.165, 1.54) is 24.1 Å². The van der Waals surface area contributed by atoms with Crippen molar-refractivity contribution in [3.63, 3.8) is 0 Å². The highest BCUT2D eigenvalue weighted by Gasteiger charge is 2.73. The molecule has 37 heavy (non-hydrogen) atoms. The zero-order valence-electron chi connectivity index (χ0n) is 20.4. The third-order valence-electron chi connectivity index (χ3n) is 6.95. The van der Waals surface area contributed by atoms with Gasteiger partial charge in [0, 0.05) is 12.0 Å². The maximum absolute atomic E-state index is 14.2. The zero-order valence-corrected chi connectivity index (χ0v) is 20.4. The lowest BCUT2D eigenvalue weighted by Gasteiger charge is -2.40. The van der Waals surface area contributed by atoms with Gasteiger partial charge in [0.05, 0.1) is 13.7 Å². The van der Waals surface area contributed by atoms with E-state index in [1.807, 2.05) is 0 Å². The van der Waals surface area contributed by atoms with E-state index < -0.39 is 23.9 Å². The molecular weight excluding hydrogens is 496 g/mol. The summed E-state index contributed by atoms with van der Waals surface area (Å²) >= 11 is 0.